The van der Waals surface area contributed by atoms with Crippen LogP contribution in [0.3, 0.4) is 0 Å². The first kappa shape index (κ1) is 12.6. The van der Waals surface area contributed by atoms with Crippen molar-refractivity contribution in [2.75, 3.05) is 0 Å². The second-order valence-corrected chi connectivity index (χ2v) is 4.65. The maximum absolute atomic E-state index is 13.7. The van der Waals surface area contributed by atoms with E-state index in [2.05, 4.69) is 12.6 Å². The third kappa shape index (κ3) is 1.59. The Bertz CT molecular complexity index is 562. The summed E-state index contributed by atoms with van der Waals surface area (Å²) < 4.78 is 19.3. The van der Waals surface area contributed by atoms with Crippen LogP contribution in [0.25, 0.3) is 5.57 Å². The van der Waals surface area contributed by atoms with Crippen LogP contribution in [0.2, 0.25) is 0 Å². The van der Waals surface area contributed by atoms with Crippen LogP contribution in [-0.4, -0.2) is 11.2 Å². The van der Waals surface area contributed by atoms with Crippen LogP contribution in [-0.2, 0) is 6.61 Å². The molecule has 0 saturated heterocycles. The number of halogens is 1. The molecule has 0 amide bonds. The summed E-state index contributed by atoms with van der Waals surface area (Å²) in [6.07, 6.45) is -0.375. The molecule has 1 aromatic carbocycles. The fourth-order valence-electron chi connectivity index (χ4n) is 2.04. The lowest BCUT2D eigenvalue weighted by molar-refractivity contribution is 0.140. The van der Waals surface area contributed by atoms with E-state index in [1.807, 2.05) is 0 Å². The van der Waals surface area contributed by atoms with Crippen molar-refractivity contribution in [2.24, 2.45) is 5.41 Å². The monoisotopic (exact) mass is 247 g/mol. The molecule has 2 rings (SSSR count). The number of nitrogens with zero attached hydrogens (tertiary/aromatic N) is 1. The molecule has 0 fully saturated rings. The van der Waals surface area contributed by atoms with Crippen LogP contribution in [0.4, 0.5) is 4.39 Å². The molecule has 2 unspecified atom stereocenters. The summed E-state index contributed by atoms with van der Waals surface area (Å²) in [5.41, 5.74) is 0.337. The quantitative estimate of drug-likeness (QED) is 0.830. The van der Waals surface area contributed by atoms with Crippen molar-refractivity contribution >= 4 is 5.57 Å². The number of ether oxygens (including phenoxy) is 1. The van der Waals surface area contributed by atoms with E-state index in [4.69, 9.17) is 9.84 Å². The van der Waals surface area contributed by atoms with Crippen LogP contribution >= 0.6 is 0 Å². The van der Waals surface area contributed by atoms with E-state index in [0.29, 0.717) is 16.9 Å². The highest BCUT2D eigenvalue weighted by Gasteiger charge is 2.42. The summed E-state index contributed by atoms with van der Waals surface area (Å²) in [5, 5.41) is 18.3. The Labute approximate surface area is 105 Å². The number of rotatable bonds is 1. The Balaban J connectivity index is 2.61. The Morgan fingerprint density at radius 3 is 2.83 bits per heavy atom. The SMILES string of the molecule is C=C1c2cc(F)c(CO)cc2OC(C)C1(C)C#N. The zero-order chi connectivity index (χ0) is 13.5. The van der Waals surface area contributed by atoms with Crippen molar-refractivity contribution < 1.29 is 14.2 Å². The molecule has 4 heteroatoms. The molecular weight excluding hydrogens is 233 g/mol. The molecule has 1 heterocycles. The van der Waals surface area contributed by atoms with Gasteiger partial charge in [0.25, 0.3) is 0 Å². The summed E-state index contributed by atoms with van der Waals surface area (Å²) in [6.45, 7) is 7.00. The lowest BCUT2D eigenvalue weighted by Gasteiger charge is -2.37. The first-order chi connectivity index (χ1) is 8.43. The van der Waals surface area contributed by atoms with Crippen molar-refractivity contribution in [3.05, 3.63) is 35.7 Å². The van der Waals surface area contributed by atoms with Gasteiger partial charge in [-0.1, -0.05) is 6.58 Å². The van der Waals surface area contributed by atoms with Crippen molar-refractivity contribution in [3.8, 4) is 11.8 Å². The number of hydrogen-bond acceptors (Lipinski definition) is 3. The standard InChI is InChI=1S/C14H14FNO2/c1-8-11-5-12(15)10(6-17)4-13(11)18-9(2)14(8,3)7-16/h4-5,9,17H,1,6H2,2-3H3. The van der Waals surface area contributed by atoms with Gasteiger partial charge < -0.3 is 9.84 Å². The van der Waals surface area contributed by atoms with Gasteiger partial charge in [0, 0.05) is 11.1 Å². The average Bonchev–Trinajstić information content (AvgIpc) is 2.36. The van der Waals surface area contributed by atoms with Crippen LogP contribution in [0, 0.1) is 22.6 Å². The van der Waals surface area contributed by atoms with Crippen molar-refractivity contribution in [1.82, 2.24) is 0 Å². The molecule has 94 valence electrons. The number of hydrogen-bond donors (Lipinski definition) is 1. The molecule has 0 radical (unpaired) electrons. The summed E-state index contributed by atoms with van der Waals surface area (Å²) >= 11 is 0. The second kappa shape index (κ2) is 4.11. The average molecular weight is 247 g/mol. The zero-order valence-corrected chi connectivity index (χ0v) is 10.3. The first-order valence-electron chi connectivity index (χ1n) is 5.65. The normalized spacial score (nSPS) is 26.2. The van der Waals surface area contributed by atoms with Crippen molar-refractivity contribution in [2.45, 2.75) is 26.6 Å². The van der Waals surface area contributed by atoms with Crippen LogP contribution in [0.1, 0.15) is 25.0 Å². The van der Waals surface area contributed by atoms with Crippen molar-refractivity contribution in [3.63, 3.8) is 0 Å². The number of benzene rings is 1. The molecule has 1 aliphatic rings. The largest absolute Gasteiger partial charge is 0.488 e. The highest BCUT2D eigenvalue weighted by molar-refractivity contribution is 5.77. The first-order valence-corrected chi connectivity index (χ1v) is 5.65. The predicted molar refractivity (Wildman–Crippen MR) is 65.2 cm³/mol. The van der Waals surface area contributed by atoms with E-state index in [1.165, 1.54) is 12.1 Å². The lowest BCUT2D eigenvalue weighted by Crippen LogP contribution is -2.38. The molecule has 0 spiro atoms. The van der Waals surface area contributed by atoms with Gasteiger partial charge in [0.2, 0.25) is 0 Å². The summed E-state index contributed by atoms with van der Waals surface area (Å²) in [5.74, 6) is -0.0542. The lowest BCUT2D eigenvalue weighted by atomic mass is 9.74. The van der Waals surface area contributed by atoms with E-state index in [9.17, 15) is 9.65 Å². The fraction of sp³-hybridized carbons (Fsp3) is 0.357. The van der Waals surface area contributed by atoms with Gasteiger partial charge in [0.1, 0.15) is 23.1 Å². The smallest absolute Gasteiger partial charge is 0.129 e. The molecular formula is C14H14FNO2. The molecule has 0 bridgehead atoms. The van der Waals surface area contributed by atoms with E-state index in [-0.39, 0.29) is 11.7 Å². The van der Waals surface area contributed by atoms with Gasteiger partial charge in [-0.2, -0.15) is 5.26 Å². The molecule has 2 atom stereocenters. The Morgan fingerprint density at radius 1 is 1.61 bits per heavy atom. The number of aliphatic hydroxyl groups is 1. The van der Waals surface area contributed by atoms with Gasteiger partial charge in [-0.25, -0.2) is 4.39 Å². The molecule has 1 aliphatic heterocycles. The topological polar surface area (TPSA) is 53.2 Å². The summed E-state index contributed by atoms with van der Waals surface area (Å²) in [7, 11) is 0. The molecule has 18 heavy (non-hydrogen) atoms. The number of aliphatic hydroxyl groups excluding tert-OH is 1. The highest BCUT2D eigenvalue weighted by Crippen LogP contribution is 2.46. The summed E-state index contributed by atoms with van der Waals surface area (Å²) in [6, 6.07) is 4.90. The second-order valence-electron chi connectivity index (χ2n) is 4.65. The minimum atomic E-state index is -0.875. The van der Waals surface area contributed by atoms with Gasteiger partial charge in [0.15, 0.2) is 0 Å². The molecule has 3 nitrogen and oxygen atoms in total. The maximum Gasteiger partial charge on any atom is 0.129 e. The number of nitriles is 1. The van der Waals surface area contributed by atoms with Crippen LogP contribution in [0.5, 0.6) is 5.75 Å². The third-order valence-electron chi connectivity index (χ3n) is 3.62. The highest BCUT2D eigenvalue weighted by atomic mass is 19.1. The Kier molecular flexibility index (Phi) is 2.88. The van der Waals surface area contributed by atoms with Gasteiger partial charge in [-0.15, -0.1) is 0 Å². The molecule has 1 N–H and O–H groups in total. The van der Waals surface area contributed by atoms with Crippen molar-refractivity contribution in [1.29, 1.82) is 5.26 Å². The Morgan fingerprint density at radius 2 is 2.28 bits per heavy atom. The molecule has 0 saturated carbocycles. The van der Waals surface area contributed by atoms with Gasteiger partial charge in [-0.05, 0) is 31.6 Å². The van der Waals surface area contributed by atoms with Gasteiger partial charge in [-0.3, -0.25) is 0 Å². The van der Waals surface area contributed by atoms with Crippen LogP contribution < -0.4 is 4.74 Å². The zero-order valence-electron chi connectivity index (χ0n) is 10.3. The molecule has 0 aliphatic carbocycles. The van der Waals surface area contributed by atoms with E-state index >= 15 is 0 Å². The molecule has 1 aromatic rings. The third-order valence-corrected chi connectivity index (χ3v) is 3.62. The maximum atomic E-state index is 13.7. The minimum absolute atomic E-state index is 0.175. The summed E-state index contributed by atoms with van der Waals surface area (Å²) in [4.78, 5) is 0. The fourth-order valence-corrected chi connectivity index (χ4v) is 2.04. The van der Waals surface area contributed by atoms with E-state index in [1.54, 1.807) is 13.8 Å². The Hall–Kier alpha value is -1.86. The van der Waals surface area contributed by atoms with E-state index in [0.717, 1.165) is 0 Å². The van der Waals surface area contributed by atoms with Crippen LogP contribution in [0.15, 0.2) is 18.7 Å². The predicted octanol–water partition coefficient (Wildman–Crippen LogP) is 2.64. The van der Waals surface area contributed by atoms with Gasteiger partial charge in [0.05, 0.1) is 12.7 Å². The van der Waals surface area contributed by atoms with Gasteiger partial charge >= 0.3 is 0 Å². The number of fused-ring (bicyclic) bond motifs is 1. The van der Waals surface area contributed by atoms with E-state index < -0.39 is 17.8 Å². The molecule has 0 aromatic heterocycles. The minimum Gasteiger partial charge on any atom is -0.488 e.